The minimum absolute atomic E-state index is 0.0934. The minimum Gasteiger partial charge on any atom is -0.481 e. The molecule has 4 rings (SSSR count). The van der Waals surface area contributed by atoms with E-state index >= 15 is 0 Å². The van der Waals surface area contributed by atoms with Gasteiger partial charge in [-0.15, -0.1) is 0 Å². The van der Waals surface area contributed by atoms with Gasteiger partial charge in [0.1, 0.15) is 0 Å². The molecule has 2 saturated carbocycles. The predicted octanol–water partition coefficient (Wildman–Crippen LogP) is 3.77. The van der Waals surface area contributed by atoms with Gasteiger partial charge < -0.3 is 10.0 Å². The normalized spacial score (nSPS) is 16.3. The van der Waals surface area contributed by atoms with Crippen LogP contribution in [0.1, 0.15) is 59.4 Å². The van der Waals surface area contributed by atoms with E-state index in [-0.39, 0.29) is 12.3 Å². The molecule has 6 heteroatoms. The molecule has 1 aromatic carbocycles. The number of amides is 1. The van der Waals surface area contributed by atoms with Crippen LogP contribution in [0.3, 0.4) is 0 Å². The fourth-order valence-electron chi connectivity index (χ4n) is 4.50. The lowest BCUT2D eigenvalue weighted by Crippen LogP contribution is -2.40. The van der Waals surface area contributed by atoms with E-state index in [9.17, 15) is 9.59 Å². The second-order valence-electron chi connectivity index (χ2n) is 8.58. The first-order valence-corrected chi connectivity index (χ1v) is 10.5. The molecule has 0 bridgehead atoms. The lowest BCUT2D eigenvalue weighted by atomic mass is 10.0. The van der Waals surface area contributed by atoms with Crippen molar-refractivity contribution in [2.75, 3.05) is 7.05 Å². The highest BCUT2D eigenvalue weighted by molar-refractivity contribution is 5.94. The van der Waals surface area contributed by atoms with Crippen LogP contribution in [0.4, 0.5) is 0 Å². The zero-order chi connectivity index (χ0) is 20.7. The predicted molar refractivity (Wildman–Crippen MR) is 110 cm³/mol. The lowest BCUT2D eigenvalue weighted by molar-refractivity contribution is -0.136. The number of aryl methyl sites for hydroxylation is 1. The molecule has 0 aliphatic heterocycles. The summed E-state index contributed by atoms with van der Waals surface area (Å²) in [5.74, 6) is 0.666. The average molecular weight is 396 g/mol. The molecule has 1 aromatic heterocycles. The van der Waals surface area contributed by atoms with Gasteiger partial charge in [0.2, 0.25) is 0 Å². The van der Waals surface area contributed by atoms with E-state index in [1.807, 2.05) is 54.7 Å². The third-order valence-electron chi connectivity index (χ3n) is 6.37. The van der Waals surface area contributed by atoms with Gasteiger partial charge in [-0.3, -0.25) is 9.59 Å². The van der Waals surface area contributed by atoms with Gasteiger partial charge >= 0.3 is 5.97 Å². The topological polar surface area (TPSA) is 75.4 Å². The van der Waals surface area contributed by atoms with E-state index in [0.29, 0.717) is 29.9 Å². The van der Waals surface area contributed by atoms with E-state index in [1.165, 1.54) is 25.7 Å². The maximum absolute atomic E-state index is 13.0. The Morgan fingerprint density at radius 3 is 2.24 bits per heavy atom. The molecule has 0 spiro atoms. The third-order valence-corrected chi connectivity index (χ3v) is 6.37. The smallest absolute Gasteiger partial charge is 0.303 e. The summed E-state index contributed by atoms with van der Waals surface area (Å²) in [5.41, 5.74) is 4.36. The molecule has 0 saturated heterocycles. The first-order chi connectivity index (χ1) is 13.9. The number of carboxylic acids is 1. The number of carbonyl (C=O) groups excluding carboxylic acids is 1. The molecule has 2 fully saturated rings. The standard InChI is InChI=1S/C23H29N3O3/c1-14-20(12-13-21(27)28)15(2)26(24-14)19-10-8-18(9-11-19)23(29)25(3)22(16-4-5-16)17-6-7-17/h8-11,16-17,22H,4-7,12-13H2,1-3H3,(H,27,28). The molecule has 1 amide bonds. The van der Waals surface area contributed by atoms with Gasteiger partial charge in [0.25, 0.3) is 5.91 Å². The van der Waals surface area contributed by atoms with Crippen LogP contribution in [-0.2, 0) is 11.2 Å². The Balaban J connectivity index is 1.51. The Morgan fingerprint density at radius 2 is 1.72 bits per heavy atom. The van der Waals surface area contributed by atoms with Crippen molar-refractivity contribution in [2.45, 2.75) is 58.4 Å². The molecule has 6 nitrogen and oxygen atoms in total. The van der Waals surface area contributed by atoms with Crippen molar-refractivity contribution in [3.63, 3.8) is 0 Å². The molecule has 2 aromatic rings. The van der Waals surface area contributed by atoms with Crippen molar-refractivity contribution < 1.29 is 14.7 Å². The van der Waals surface area contributed by atoms with Gasteiger partial charge in [-0.2, -0.15) is 5.10 Å². The van der Waals surface area contributed by atoms with Crippen LogP contribution >= 0.6 is 0 Å². The van der Waals surface area contributed by atoms with Crippen LogP contribution in [-0.4, -0.2) is 44.8 Å². The Bertz CT molecular complexity index is 912. The van der Waals surface area contributed by atoms with E-state index in [1.54, 1.807) is 0 Å². The van der Waals surface area contributed by atoms with E-state index < -0.39 is 5.97 Å². The first kappa shape index (κ1) is 19.7. The molecule has 0 unspecified atom stereocenters. The molecule has 29 heavy (non-hydrogen) atoms. The van der Waals surface area contributed by atoms with Crippen LogP contribution < -0.4 is 0 Å². The molecule has 1 N–H and O–H groups in total. The summed E-state index contributed by atoms with van der Waals surface area (Å²) >= 11 is 0. The molecule has 2 aliphatic carbocycles. The van der Waals surface area contributed by atoms with Gasteiger partial charge in [0.15, 0.2) is 0 Å². The molecule has 154 valence electrons. The quantitative estimate of drug-likeness (QED) is 0.738. The van der Waals surface area contributed by atoms with Gasteiger partial charge in [-0.25, -0.2) is 4.68 Å². The first-order valence-electron chi connectivity index (χ1n) is 10.5. The van der Waals surface area contributed by atoms with Crippen LogP contribution in [0.2, 0.25) is 0 Å². The summed E-state index contributed by atoms with van der Waals surface area (Å²) in [5, 5.41) is 13.5. The summed E-state index contributed by atoms with van der Waals surface area (Å²) in [6, 6.07) is 7.99. The number of hydrogen-bond donors (Lipinski definition) is 1. The number of hydrogen-bond acceptors (Lipinski definition) is 3. The maximum atomic E-state index is 13.0. The van der Waals surface area contributed by atoms with E-state index in [0.717, 1.165) is 22.6 Å². The van der Waals surface area contributed by atoms with Crippen LogP contribution in [0, 0.1) is 25.7 Å². The van der Waals surface area contributed by atoms with Crippen LogP contribution in [0.5, 0.6) is 0 Å². The van der Waals surface area contributed by atoms with E-state index in [4.69, 9.17) is 5.11 Å². The Kier molecular flexibility index (Phi) is 5.19. The van der Waals surface area contributed by atoms with Crippen molar-refractivity contribution >= 4 is 11.9 Å². The Labute approximate surface area is 171 Å². The van der Waals surface area contributed by atoms with Crippen LogP contribution in [0.25, 0.3) is 5.69 Å². The highest BCUT2D eigenvalue weighted by Gasteiger charge is 2.45. The SMILES string of the molecule is Cc1nn(-c2ccc(C(=O)N(C)C(C3CC3)C3CC3)cc2)c(C)c1CCC(=O)O. The second kappa shape index (κ2) is 7.65. The van der Waals surface area contributed by atoms with Gasteiger partial charge in [0, 0.05) is 30.8 Å². The fraction of sp³-hybridized carbons (Fsp3) is 0.522. The molecule has 2 aliphatic rings. The second-order valence-corrected chi connectivity index (χ2v) is 8.58. The monoisotopic (exact) mass is 395 g/mol. The number of aromatic nitrogens is 2. The minimum atomic E-state index is -0.806. The van der Waals surface area contributed by atoms with Crippen molar-refractivity contribution in [3.8, 4) is 5.69 Å². The van der Waals surface area contributed by atoms with Crippen LogP contribution in [0.15, 0.2) is 24.3 Å². The summed E-state index contributed by atoms with van der Waals surface area (Å²) in [7, 11) is 1.95. The van der Waals surface area contributed by atoms with Gasteiger partial charge in [-0.1, -0.05) is 0 Å². The number of nitrogens with zero attached hydrogens (tertiary/aromatic N) is 3. The molecule has 0 atom stereocenters. The number of benzene rings is 1. The molecular formula is C23H29N3O3. The summed E-state index contributed by atoms with van der Waals surface area (Å²) < 4.78 is 1.84. The largest absolute Gasteiger partial charge is 0.481 e. The summed E-state index contributed by atoms with van der Waals surface area (Å²) in [6.07, 6.45) is 5.56. The van der Waals surface area contributed by atoms with Crippen molar-refractivity contribution in [1.82, 2.24) is 14.7 Å². The highest BCUT2D eigenvalue weighted by atomic mass is 16.4. The third kappa shape index (κ3) is 4.07. The summed E-state index contributed by atoms with van der Waals surface area (Å²) in [4.78, 5) is 25.9. The Hall–Kier alpha value is -2.63. The van der Waals surface area contributed by atoms with Crippen molar-refractivity contribution in [1.29, 1.82) is 0 Å². The molecule has 1 heterocycles. The number of carboxylic acid groups (broad SMARTS) is 1. The highest BCUT2D eigenvalue weighted by Crippen LogP contribution is 2.47. The number of carbonyl (C=O) groups is 2. The van der Waals surface area contributed by atoms with Gasteiger partial charge in [-0.05, 0) is 87.6 Å². The van der Waals surface area contributed by atoms with E-state index in [2.05, 4.69) is 5.10 Å². The summed E-state index contributed by atoms with van der Waals surface area (Å²) in [6.45, 7) is 3.86. The van der Waals surface area contributed by atoms with Gasteiger partial charge in [0.05, 0.1) is 11.4 Å². The van der Waals surface area contributed by atoms with Crippen molar-refractivity contribution in [3.05, 3.63) is 46.8 Å². The zero-order valence-electron chi connectivity index (χ0n) is 17.4. The maximum Gasteiger partial charge on any atom is 0.303 e. The fourth-order valence-corrected chi connectivity index (χ4v) is 4.50. The molecular weight excluding hydrogens is 366 g/mol. The lowest BCUT2D eigenvalue weighted by Gasteiger charge is -2.28. The zero-order valence-corrected chi connectivity index (χ0v) is 17.4. The average Bonchev–Trinajstić information content (AvgIpc) is 3.61. The molecule has 0 radical (unpaired) electrons. The number of aliphatic carboxylic acids is 1. The van der Waals surface area contributed by atoms with Crippen molar-refractivity contribution in [2.24, 2.45) is 11.8 Å². The Morgan fingerprint density at radius 1 is 1.14 bits per heavy atom. The number of rotatable bonds is 8.